The number of carbonyl (C=O) groups is 1. The van der Waals surface area contributed by atoms with Crippen molar-refractivity contribution in [2.24, 2.45) is 0 Å². The minimum absolute atomic E-state index is 0.151. The Morgan fingerprint density at radius 2 is 2.11 bits per heavy atom. The van der Waals surface area contributed by atoms with Crippen molar-refractivity contribution in [2.75, 3.05) is 15.9 Å². The summed E-state index contributed by atoms with van der Waals surface area (Å²) in [7, 11) is -3.34. The lowest BCUT2D eigenvalue weighted by Crippen LogP contribution is -2.34. The highest BCUT2D eigenvalue weighted by atomic mass is 32.2. The van der Waals surface area contributed by atoms with Crippen LogP contribution in [0.25, 0.3) is 0 Å². The maximum atomic E-state index is 12.5. The number of aromatic nitrogens is 2. The number of carbonyl (C=O) groups excluding carboxylic acids is 1. The number of aryl methyl sites for hydroxylation is 1. The lowest BCUT2D eigenvalue weighted by atomic mass is 10.1. The molecule has 1 aromatic carbocycles. The second-order valence-electron chi connectivity index (χ2n) is 6.87. The number of sulfonamides is 1. The van der Waals surface area contributed by atoms with Gasteiger partial charge in [0, 0.05) is 18.0 Å². The standard InChI is InChI=1S/C18H24N4O3S2/c1-4-5-6-7-16-20-21-18(26-16)19-17(23)13-8-9-15-14(11-13)10-12(2)22(15)27(3,24)25/h8-9,11-12H,4-7,10H2,1-3H3,(H,19,21,23). The maximum absolute atomic E-state index is 12.5. The van der Waals surface area contributed by atoms with Crippen LogP contribution in [0.5, 0.6) is 0 Å². The summed E-state index contributed by atoms with van der Waals surface area (Å²) >= 11 is 1.39. The predicted octanol–water partition coefficient (Wildman–Crippen LogP) is 3.23. The SMILES string of the molecule is CCCCCc1nnc(NC(=O)c2ccc3c(c2)CC(C)N3S(C)(=O)=O)s1. The molecule has 2 aromatic rings. The van der Waals surface area contributed by atoms with Crippen LogP contribution in [-0.2, 0) is 22.9 Å². The van der Waals surface area contributed by atoms with E-state index in [1.165, 1.54) is 21.9 Å². The van der Waals surface area contributed by atoms with Crippen LogP contribution in [0.2, 0.25) is 0 Å². The van der Waals surface area contributed by atoms with Gasteiger partial charge in [-0.2, -0.15) is 0 Å². The molecule has 0 bridgehead atoms. The lowest BCUT2D eigenvalue weighted by Gasteiger charge is -2.21. The van der Waals surface area contributed by atoms with Crippen molar-refractivity contribution in [3.8, 4) is 0 Å². The van der Waals surface area contributed by atoms with E-state index in [4.69, 9.17) is 0 Å². The quantitative estimate of drug-likeness (QED) is 0.710. The first-order chi connectivity index (χ1) is 12.8. The van der Waals surface area contributed by atoms with Gasteiger partial charge in [0.15, 0.2) is 0 Å². The number of fused-ring (bicyclic) bond motifs is 1. The summed E-state index contributed by atoms with van der Waals surface area (Å²) in [5, 5.41) is 12.4. The normalized spacial score (nSPS) is 16.4. The fourth-order valence-electron chi connectivity index (χ4n) is 3.35. The monoisotopic (exact) mass is 408 g/mol. The first-order valence-corrected chi connectivity index (χ1v) is 11.7. The van der Waals surface area contributed by atoms with Crippen LogP contribution in [0.1, 0.15) is 54.0 Å². The Kier molecular flexibility index (Phi) is 5.81. The number of anilines is 2. The summed E-state index contributed by atoms with van der Waals surface area (Å²) in [5.74, 6) is -0.264. The van der Waals surface area contributed by atoms with Gasteiger partial charge in [-0.1, -0.05) is 31.1 Å². The van der Waals surface area contributed by atoms with Crippen LogP contribution >= 0.6 is 11.3 Å². The molecular formula is C18H24N4O3S2. The Bertz CT molecular complexity index is 940. The van der Waals surface area contributed by atoms with E-state index in [-0.39, 0.29) is 11.9 Å². The number of unbranched alkanes of at least 4 members (excludes halogenated alkanes) is 2. The summed E-state index contributed by atoms with van der Waals surface area (Å²) in [6.07, 6.45) is 6.03. The molecule has 0 aliphatic carbocycles. The van der Waals surface area contributed by atoms with Crippen molar-refractivity contribution in [2.45, 2.75) is 52.0 Å². The van der Waals surface area contributed by atoms with Crippen molar-refractivity contribution >= 4 is 38.1 Å². The van der Waals surface area contributed by atoms with Crippen LogP contribution in [0, 0.1) is 0 Å². The largest absolute Gasteiger partial charge is 0.296 e. The Labute approximate surface area is 163 Å². The van der Waals surface area contributed by atoms with Gasteiger partial charge in [-0.05, 0) is 43.5 Å². The Morgan fingerprint density at radius 1 is 1.33 bits per heavy atom. The lowest BCUT2D eigenvalue weighted by molar-refractivity contribution is 0.102. The van der Waals surface area contributed by atoms with Crippen molar-refractivity contribution < 1.29 is 13.2 Å². The number of hydrogen-bond acceptors (Lipinski definition) is 6. The summed E-state index contributed by atoms with van der Waals surface area (Å²) < 4.78 is 25.4. The molecule has 9 heteroatoms. The first kappa shape index (κ1) is 19.8. The Hall–Kier alpha value is -2.00. The third-order valence-corrected chi connectivity index (χ3v) is 6.70. The first-order valence-electron chi connectivity index (χ1n) is 9.05. The van der Waals surface area contributed by atoms with E-state index in [1.807, 2.05) is 6.92 Å². The van der Waals surface area contributed by atoms with Crippen molar-refractivity contribution in [1.29, 1.82) is 0 Å². The van der Waals surface area contributed by atoms with Gasteiger partial charge in [0.05, 0.1) is 11.9 Å². The highest BCUT2D eigenvalue weighted by Gasteiger charge is 2.32. The third kappa shape index (κ3) is 4.47. The van der Waals surface area contributed by atoms with Gasteiger partial charge in [0.25, 0.3) is 5.91 Å². The average Bonchev–Trinajstić information content (AvgIpc) is 3.16. The molecule has 1 aromatic heterocycles. The molecule has 0 saturated carbocycles. The molecule has 7 nitrogen and oxygen atoms in total. The third-order valence-electron chi connectivity index (χ3n) is 4.53. The van der Waals surface area contributed by atoms with E-state index in [0.717, 1.165) is 36.3 Å². The summed E-state index contributed by atoms with van der Waals surface area (Å²) in [6, 6.07) is 4.95. The predicted molar refractivity (Wildman–Crippen MR) is 108 cm³/mol. The van der Waals surface area contributed by atoms with E-state index >= 15 is 0 Å². The van der Waals surface area contributed by atoms with Gasteiger partial charge in [0.2, 0.25) is 15.2 Å². The topological polar surface area (TPSA) is 92.3 Å². The summed E-state index contributed by atoms with van der Waals surface area (Å²) in [5.41, 5.74) is 1.99. The minimum atomic E-state index is -3.34. The minimum Gasteiger partial charge on any atom is -0.296 e. The molecule has 0 saturated heterocycles. The second kappa shape index (κ2) is 7.93. The molecule has 27 heavy (non-hydrogen) atoms. The van der Waals surface area contributed by atoms with Gasteiger partial charge in [-0.3, -0.25) is 14.4 Å². The number of rotatable bonds is 7. The number of nitrogens with zero attached hydrogens (tertiary/aromatic N) is 3. The molecule has 2 heterocycles. The van der Waals surface area contributed by atoms with Crippen LogP contribution in [-0.4, -0.2) is 36.8 Å². The fourth-order valence-corrected chi connectivity index (χ4v) is 5.39. The zero-order valence-electron chi connectivity index (χ0n) is 15.7. The molecule has 1 amide bonds. The molecule has 146 valence electrons. The molecule has 0 radical (unpaired) electrons. The Balaban J connectivity index is 1.71. The van der Waals surface area contributed by atoms with E-state index < -0.39 is 10.0 Å². The maximum Gasteiger partial charge on any atom is 0.257 e. The second-order valence-corrected chi connectivity index (χ2v) is 9.79. The molecule has 1 unspecified atom stereocenters. The molecule has 1 aliphatic rings. The molecule has 1 atom stereocenters. The zero-order valence-corrected chi connectivity index (χ0v) is 17.4. The van der Waals surface area contributed by atoms with Gasteiger partial charge < -0.3 is 0 Å². The van der Waals surface area contributed by atoms with Gasteiger partial charge in [0.1, 0.15) is 5.01 Å². The van der Waals surface area contributed by atoms with Crippen LogP contribution in [0.3, 0.4) is 0 Å². The van der Waals surface area contributed by atoms with Crippen LogP contribution < -0.4 is 9.62 Å². The number of amides is 1. The van der Waals surface area contributed by atoms with Crippen LogP contribution in [0.15, 0.2) is 18.2 Å². The number of benzene rings is 1. The highest BCUT2D eigenvalue weighted by Crippen LogP contribution is 2.34. The zero-order chi connectivity index (χ0) is 19.6. The molecule has 1 N–H and O–H groups in total. The molecule has 0 fully saturated rings. The molecular weight excluding hydrogens is 384 g/mol. The van der Waals surface area contributed by atoms with Crippen LogP contribution in [0.4, 0.5) is 10.8 Å². The molecule has 1 aliphatic heterocycles. The smallest absolute Gasteiger partial charge is 0.257 e. The summed E-state index contributed by atoms with van der Waals surface area (Å²) in [4.78, 5) is 12.5. The van der Waals surface area contributed by atoms with Gasteiger partial charge in [-0.15, -0.1) is 10.2 Å². The Morgan fingerprint density at radius 3 is 2.81 bits per heavy atom. The van der Waals surface area contributed by atoms with E-state index in [2.05, 4.69) is 22.4 Å². The molecule has 3 rings (SSSR count). The molecule has 0 spiro atoms. The summed E-state index contributed by atoms with van der Waals surface area (Å²) in [6.45, 7) is 4.01. The van der Waals surface area contributed by atoms with E-state index in [1.54, 1.807) is 18.2 Å². The van der Waals surface area contributed by atoms with Crippen molar-refractivity contribution in [3.63, 3.8) is 0 Å². The van der Waals surface area contributed by atoms with E-state index in [0.29, 0.717) is 22.8 Å². The fraction of sp³-hybridized carbons (Fsp3) is 0.500. The van der Waals surface area contributed by atoms with Gasteiger partial charge >= 0.3 is 0 Å². The number of hydrogen-bond donors (Lipinski definition) is 1. The highest BCUT2D eigenvalue weighted by molar-refractivity contribution is 7.92. The van der Waals surface area contributed by atoms with Gasteiger partial charge in [-0.25, -0.2) is 8.42 Å². The van der Waals surface area contributed by atoms with Crippen molar-refractivity contribution in [3.05, 3.63) is 34.3 Å². The van der Waals surface area contributed by atoms with Crippen molar-refractivity contribution in [1.82, 2.24) is 10.2 Å². The average molecular weight is 409 g/mol. The van der Waals surface area contributed by atoms with E-state index in [9.17, 15) is 13.2 Å². The number of nitrogens with one attached hydrogen (secondary N) is 1.